The number of benzene rings is 3. The molecule has 5 aromatic rings. The van der Waals surface area contributed by atoms with Gasteiger partial charge in [-0.2, -0.15) is 0 Å². The zero-order valence-electron chi connectivity index (χ0n) is 43.5. The lowest BCUT2D eigenvalue weighted by Gasteiger charge is -2.42. The van der Waals surface area contributed by atoms with Crippen LogP contribution in [0.1, 0.15) is 125 Å². The third-order valence-corrected chi connectivity index (χ3v) is 18.2. The standard InChI is InChI=1S/C56H67FN8O8S3/c1-34-30-46(71-4)43(54(69)64-26-28-72-29-27-64)31-47(34)75-48-32-59-56(76-48)62-52(68)38-13-18-42(19-14-38)73-41-9-6-5-8-40(17-20-41)63-24-21-36(22-25-63)49(61-51(67)35(2)58-3)55(70)65-23-7-10-45(65)53-60-44(33-74-53)50(66)37-11-15-39(57)16-12-37/h11-16,18-19,30-33,35-36,40-41,45,49,58H,5-10,17,20-29H2,1-4H3,(H,61,67)(H,59,62,68)/t35-,40?,41+,45-,49-/m0/s1. The monoisotopic (exact) mass is 1090 g/mol. The summed E-state index contributed by atoms with van der Waals surface area (Å²) in [5.41, 5.74) is 2.56. The molecule has 1 aliphatic carbocycles. The predicted molar refractivity (Wildman–Crippen MR) is 291 cm³/mol. The second kappa shape index (κ2) is 25.6. The topological polar surface area (TPSA) is 185 Å². The second-order valence-corrected chi connectivity index (χ2v) is 23.3. The van der Waals surface area contributed by atoms with Crippen LogP contribution < -0.4 is 25.4 Å². The van der Waals surface area contributed by atoms with Crippen LogP contribution in [0.4, 0.5) is 9.52 Å². The molecule has 3 aliphatic heterocycles. The van der Waals surface area contributed by atoms with E-state index in [1.165, 1.54) is 58.7 Å². The molecule has 1 saturated carbocycles. The van der Waals surface area contributed by atoms with Gasteiger partial charge in [-0.15, -0.1) is 11.3 Å². The van der Waals surface area contributed by atoms with Crippen LogP contribution in [0.25, 0.3) is 0 Å². The van der Waals surface area contributed by atoms with Crippen molar-refractivity contribution < 1.29 is 42.6 Å². The van der Waals surface area contributed by atoms with Gasteiger partial charge in [-0.1, -0.05) is 29.5 Å². The summed E-state index contributed by atoms with van der Waals surface area (Å²) >= 11 is 4.20. The number of likely N-dealkylation sites (tertiary alicyclic amines) is 2. The number of thiazole rings is 2. The molecule has 3 N–H and O–H groups in total. The number of hydrogen-bond donors (Lipinski definition) is 3. The van der Waals surface area contributed by atoms with Crippen LogP contribution in [0.3, 0.4) is 0 Å². The lowest BCUT2D eigenvalue weighted by molar-refractivity contribution is -0.140. The molecule has 16 nitrogen and oxygen atoms in total. The quantitative estimate of drug-likeness (QED) is 0.0752. The number of methoxy groups -OCH3 is 1. The second-order valence-electron chi connectivity index (χ2n) is 20.0. The Kier molecular flexibility index (Phi) is 18.5. The number of carbonyl (C=O) groups is 5. The van der Waals surface area contributed by atoms with Crippen LogP contribution in [0.5, 0.6) is 11.5 Å². The SMILES string of the molecule is CN[C@@H](C)C(=O)N[C@H](C(=O)N1CCC[C@H]1c1nc(C(=O)c2ccc(F)cc2)cs1)C1CCN(C2CCCC[C@@H](Oc3ccc(C(=O)Nc4ncc(Sc5cc(C(=O)N6CCOCC6)c(OC)cc5C)s4)cc3)CC2)CC1. The maximum atomic E-state index is 14.7. The van der Waals surface area contributed by atoms with E-state index in [4.69, 9.17) is 19.2 Å². The highest BCUT2D eigenvalue weighted by Crippen LogP contribution is 2.40. The number of carbonyl (C=O) groups excluding carboxylic acids is 5. The van der Waals surface area contributed by atoms with Gasteiger partial charge in [0.25, 0.3) is 11.8 Å². The molecule has 76 heavy (non-hydrogen) atoms. The Bertz CT molecular complexity index is 2830. The third-order valence-electron chi connectivity index (χ3n) is 15.1. The highest BCUT2D eigenvalue weighted by atomic mass is 32.2. The van der Waals surface area contributed by atoms with Crippen molar-refractivity contribution in [3.63, 3.8) is 0 Å². The number of aromatic nitrogens is 2. The largest absolute Gasteiger partial charge is 0.496 e. The van der Waals surface area contributed by atoms with Gasteiger partial charge in [0.15, 0.2) is 5.13 Å². The number of piperidine rings is 1. The molecule has 4 fully saturated rings. The van der Waals surface area contributed by atoms with E-state index in [2.05, 4.69) is 25.8 Å². The fourth-order valence-electron chi connectivity index (χ4n) is 10.6. The smallest absolute Gasteiger partial charge is 0.257 e. The number of likely N-dealkylation sites (N-methyl/N-ethyl adjacent to an activating group) is 1. The number of aryl methyl sites for hydroxylation is 1. The maximum absolute atomic E-state index is 14.7. The van der Waals surface area contributed by atoms with Crippen LogP contribution in [-0.4, -0.2) is 138 Å². The summed E-state index contributed by atoms with van der Waals surface area (Å²) in [5.74, 6) is -0.230. The minimum atomic E-state index is -0.701. The van der Waals surface area contributed by atoms with Crippen LogP contribution >= 0.6 is 34.4 Å². The number of nitrogens with one attached hydrogen (secondary N) is 3. The van der Waals surface area contributed by atoms with E-state index in [0.717, 1.165) is 85.5 Å². The number of amides is 4. The van der Waals surface area contributed by atoms with Gasteiger partial charge in [0, 0.05) is 47.1 Å². The Labute approximate surface area is 455 Å². The molecule has 3 aromatic carbocycles. The molecule has 20 heteroatoms. The first-order valence-corrected chi connectivity index (χ1v) is 28.9. The molecule has 2 aromatic heterocycles. The van der Waals surface area contributed by atoms with Crippen molar-refractivity contribution in [1.82, 2.24) is 35.3 Å². The summed E-state index contributed by atoms with van der Waals surface area (Å²) in [7, 11) is 3.30. The van der Waals surface area contributed by atoms with Crippen LogP contribution in [0, 0.1) is 18.7 Å². The molecule has 0 radical (unpaired) electrons. The van der Waals surface area contributed by atoms with E-state index in [1.54, 1.807) is 49.7 Å². The van der Waals surface area contributed by atoms with E-state index in [0.29, 0.717) is 83.6 Å². The number of morpholine rings is 1. The molecule has 4 aliphatic rings. The van der Waals surface area contributed by atoms with Crippen LogP contribution in [0.2, 0.25) is 0 Å². The van der Waals surface area contributed by atoms with Crippen molar-refractivity contribution in [2.45, 2.75) is 117 Å². The minimum absolute atomic E-state index is 0.0314. The van der Waals surface area contributed by atoms with Gasteiger partial charge in [0.2, 0.25) is 17.6 Å². The number of halogens is 1. The van der Waals surface area contributed by atoms with Crippen LogP contribution in [-0.2, 0) is 14.3 Å². The molecule has 0 spiro atoms. The first kappa shape index (κ1) is 55.0. The summed E-state index contributed by atoms with van der Waals surface area (Å²) in [6, 6.07) is 15.3. The van der Waals surface area contributed by atoms with E-state index in [9.17, 15) is 28.4 Å². The van der Waals surface area contributed by atoms with Gasteiger partial charge in [0.05, 0.1) is 54.5 Å². The average molecular weight is 1100 g/mol. The number of rotatable bonds is 17. The number of hydrogen-bond acceptors (Lipinski definition) is 15. The zero-order valence-corrected chi connectivity index (χ0v) is 46.0. The summed E-state index contributed by atoms with van der Waals surface area (Å²) in [4.78, 5) is 84.4. The van der Waals surface area contributed by atoms with E-state index >= 15 is 0 Å². The number of anilines is 1. The van der Waals surface area contributed by atoms with E-state index in [-0.39, 0.29) is 53.2 Å². The highest BCUT2D eigenvalue weighted by molar-refractivity contribution is 8.01. The lowest BCUT2D eigenvalue weighted by Crippen LogP contribution is -2.57. The Hall–Kier alpha value is -5.77. The van der Waals surface area contributed by atoms with Crippen molar-refractivity contribution in [2.75, 3.05) is 65.4 Å². The van der Waals surface area contributed by atoms with Crippen molar-refractivity contribution in [2.24, 2.45) is 5.92 Å². The molecule has 9 rings (SSSR count). The summed E-state index contributed by atoms with van der Waals surface area (Å²) < 4.78 is 32.0. The lowest BCUT2D eigenvalue weighted by atomic mass is 9.86. The van der Waals surface area contributed by atoms with E-state index < -0.39 is 17.9 Å². The fourth-order valence-corrected chi connectivity index (χ4v) is 13.5. The van der Waals surface area contributed by atoms with Gasteiger partial charge in [-0.25, -0.2) is 14.4 Å². The molecule has 4 amide bonds. The maximum Gasteiger partial charge on any atom is 0.257 e. The minimum Gasteiger partial charge on any atom is -0.496 e. The molecule has 0 bridgehead atoms. The van der Waals surface area contributed by atoms with Crippen LogP contribution in [0.15, 0.2) is 81.3 Å². The third kappa shape index (κ3) is 13.3. The fraction of sp³-hybridized carbons (Fsp3) is 0.482. The zero-order chi connectivity index (χ0) is 53.3. The first-order chi connectivity index (χ1) is 36.8. The van der Waals surface area contributed by atoms with Gasteiger partial charge < -0.3 is 39.5 Å². The average Bonchev–Trinajstić information content (AvgIpc) is 4.24. The molecular weight excluding hydrogens is 1030 g/mol. The number of ether oxygens (including phenoxy) is 3. The summed E-state index contributed by atoms with van der Waals surface area (Å²) in [6.45, 7) is 8.01. The Balaban J connectivity index is 0.766. The summed E-state index contributed by atoms with van der Waals surface area (Å²) in [5, 5.41) is 12.0. The van der Waals surface area contributed by atoms with Crippen molar-refractivity contribution in [1.29, 1.82) is 0 Å². The normalized spacial score (nSPS) is 20.5. The number of nitrogens with zero attached hydrogens (tertiary/aromatic N) is 5. The van der Waals surface area contributed by atoms with Crippen molar-refractivity contribution in [3.05, 3.63) is 111 Å². The predicted octanol–water partition coefficient (Wildman–Crippen LogP) is 8.80. The molecular formula is C56H67FN8O8S3. The Morgan fingerprint density at radius 2 is 1.61 bits per heavy atom. The molecule has 1 unspecified atom stereocenters. The Morgan fingerprint density at radius 1 is 0.868 bits per heavy atom. The Morgan fingerprint density at radius 3 is 2.34 bits per heavy atom. The first-order valence-electron chi connectivity index (χ1n) is 26.4. The van der Waals surface area contributed by atoms with Gasteiger partial charge in [-0.05, 0) is 164 Å². The van der Waals surface area contributed by atoms with Crippen molar-refractivity contribution in [3.8, 4) is 11.5 Å². The number of ketones is 1. The van der Waals surface area contributed by atoms with Gasteiger partial charge in [-0.3, -0.25) is 29.3 Å². The van der Waals surface area contributed by atoms with Crippen molar-refractivity contribution >= 4 is 69.0 Å². The molecule has 5 atom stereocenters. The molecule has 3 saturated heterocycles. The highest BCUT2D eigenvalue weighted by Gasteiger charge is 2.42. The molecule has 5 heterocycles. The van der Waals surface area contributed by atoms with Gasteiger partial charge in [0.1, 0.15) is 34.1 Å². The van der Waals surface area contributed by atoms with E-state index in [1.807, 2.05) is 36.1 Å². The van der Waals surface area contributed by atoms with Gasteiger partial charge >= 0.3 is 0 Å². The summed E-state index contributed by atoms with van der Waals surface area (Å²) in [6.07, 6.45) is 10.8. The molecule has 404 valence electrons.